The maximum Gasteiger partial charge on any atom is 0.276 e. The Morgan fingerprint density at radius 1 is 0.839 bits per heavy atom. The van der Waals surface area contributed by atoms with E-state index >= 15 is 0 Å². The van der Waals surface area contributed by atoms with Gasteiger partial charge >= 0.3 is 0 Å². The first-order chi connectivity index (χ1) is 15.1. The number of benzene rings is 3. The zero-order chi connectivity index (χ0) is 21.6. The van der Waals surface area contributed by atoms with Crippen molar-refractivity contribution in [2.75, 3.05) is 6.61 Å². The van der Waals surface area contributed by atoms with E-state index < -0.39 is 5.91 Å². The highest BCUT2D eigenvalue weighted by Gasteiger charge is 2.10. The van der Waals surface area contributed by atoms with Crippen LogP contribution in [0.1, 0.15) is 0 Å². The summed E-state index contributed by atoms with van der Waals surface area (Å²) in [4.78, 5) is 24.2. The van der Waals surface area contributed by atoms with Gasteiger partial charge in [-0.1, -0.05) is 54.6 Å². The Hall–Kier alpha value is -3.58. The Balaban J connectivity index is 1.27. The maximum atomic E-state index is 12.2. The molecule has 3 aromatic carbocycles. The van der Waals surface area contributed by atoms with Crippen LogP contribution in [-0.2, 0) is 16.1 Å². The summed E-state index contributed by atoms with van der Waals surface area (Å²) in [5.41, 5.74) is 7.87. The lowest BCUT2D eigenvalue weighted by molar-refractivity contribution is -0.130. The van der Waals surface area contributed by atoms with E-state index in [0.717, 1.165) is 26.5 Å². The molecule has 0 fully saturated rings. The Morgan fingerprint density at radius 3 is 2.39 bits per heavy atom. The van der Waals surface area contributed by atoms with E-state index in [-0.39, 0.29) is 19.1 Å². The predicted molar refractivity (Wildman–Crippen MR) is 123 cm³/mol. The van der Waals surface area contributed by atoms with Gasteiger partial charge in [-0.05, 0) is 56.7 Å². The molecule has 1 aromatic heterocycles. The number of fused-ring (bicyclic) bond motifs is 1. The molecule has 1 heterocycles. The largest absolute Gasteiger partial charge is 0.483 e. The van der Waals surface area contributed by atoms with Crippen molar-refractivity contribution >= 4 is 38.6 Å². The highest BCUT2D eigenvalue weighted by atomic mass is 79.9. The standard InChI is InChI=1S/C24H20BrN3O3/c25-20-14-19(17-6-2-1-3-7-17)10-11-22(20)31-16-24(30)27-26-23(29)15-28-13-12-18-8-4-5-9-21(18)28/h1-14H,15-16H2,(H,26,29)(H,27,30). The molecule has 0 atom stereocenters. The van der Waals surface area contributed by atoms with Crippen LogP contribution < -0.4 is 15.6 Å². The summed E-state index contributed by atoms with van der Waals surface area (Å²) < 4.78 is 8.13. The van der Waals surface area contributed by atoms with E-state index in [1.165, 1.54) is 0 Å². The van der Waals surface area contributed by atoms with Gasteiger partial charge in [0.2, 0.25) is 0 Å². The van der Waals surface area contributed by atoms with Gasteiger partial charge in [0.1, 0.15) is 12.3 Å². The number of hydrogen-bond donors (Lipinski definition) is 2. The summed E-state index contributed by atoms with van der Waals surface area (Å²) in [6, 6.07) is 25.4. The SMILES string of the molecule is O=C(COc1ccc(-c2ccccc2)cc1Br)NNC(=O)Cn1ccc2ccccc21. The summed E-state index contributed by atoms with van der Waals surface area (Å²) in [5.74, 6) is -0.243. The summed E-state index contributed by atoms with van der Waals surface area (Å²) in [6.45, 7) is -0.128. The second-order valence-electron chi connectivity index (χ2n) is 6.90. The molecule has 2 amide bonds. The lowest BCUT2D eigenvalue weighted by Gasteiger charge is -2.11. The van der Waals surface area contributed by atoms with Crippen molar-refractivity contribution in [1.29, 1.82) is 0 Å². The van der Waals surface area contributed by atoms with E-state index in [0.29, 0.717) is 5.75 Å². The molecule has 2 N–H and O–H groups in total. The first-order valence-electron chi connectivity index (χ1n) is 9.69. The third kappa shape index (κ3) is 5.13. The lowest BCUT2D eigenvalue weighted by Crippen LogP contribution is -2.45. The predicted octanol–water partition coefficient (Wildman–Crippen LogP) is 4.30. The van der Waals surface area contributed by atoms with Gasteiger partial charge in [-0.2, -0.15) is 0 Å². The van der Waals surface area contributed by atoms with Crippen LogP contribution in [0.2, 0.25) is 0 Å². The molecule has 31 heavy (non-hydrogen) atoms. The number of ether oxygens (including phenoxy) is 1. The number of hydrazine groups is 1. The number of hydrogen-bond acceptors (Lipinski definition) is 3. The Bertz CT molecular complexity index is 1220. The molecule has 0 aliphatic carbocycles. The molecule has 0 saturated carbocycles. The molecule has 0 bridgehead atoms. The number of amides is 2. The zero-order valence-corrected chi connectivity index (χ0v) is 18.1. The smallest absolute Gasteiger partial charge is 0.276 e. The van der Waals surface area contributed by atoms with Crippen LogP contribution in [0.15, 0.2) is 89.5 Å². The fraction of sp³-hybridized carbons (Fsp3) is 0.0833. The zero-order valence-electron chi connectivity index (χ0n) is 16.5. The van der Waals surface area contributed by atoms with Crippen LogP contribution >= 0.6 is 15.9 Å². The molecule has 0 radical (unpaired) electrons. The van der Waals surface area contributed by atoms with Crippen molar-refractivity contribution in [1.82, 2.24) is 15.4 Å². The lowest BCUT2D eigenvalue weighted by atomic mass is 10.1. The van der Waals surface area contributed by atoms with Crippen molar-refractivity contribution in [2.24, 2.45) is 0 Å². The number of carbonyl (C=O) groups is 2. The highest BCUT2D eigenvalue weighted by molar-refractivity contribution is 9.10. The molecule has 0 unspecified atom stereocenters. The monoisotopic (exact) mass is 477 g/mol. The molecule has 156 valence electrons. The summed E-state index contributed by atoms with van der Waals surface area (Å²) in [6.07, 6.45) is 1.84. The number of carbonyl (C=O) groups excluding carboxylic acids is 2. The molecule has 4 aromatic rings. The highest BCUT2D eigenvalue weighted by Crippen LogP contribution is 2.30. The fourth-order valence-corrected chi connectivity index (χ4v) is 3.71. The van der Waals surface area contributed by atoms with Gasteiger partial charge in [0.25, 0.3) is 11.8 Å². The topological polar surface area (TPSA) is 72.4 Å². The van der Waals surface area contributed by atoms with Crippen molar-refractivity contribution in [3.8, 4) is 16.9 Å². The number of nitrogens with one attached hydrogen (secondary N) is 2. The van der Waals surface area contributed by atoms with Gasteiger partial charge < -0.3 is 9.30 Å². The van der Waals surface area contributed by atoms with E-state index in [2.05, 4.69) is 26.8 Å². The van der Waals surface area contributed by atoms with E-state index in [1.54, 1.807) is 6.07 Å². The van der Waals surface area contributed by atoms with Gasteiger partial charge in [0.15, 0.2) is 6.61 Å². The summed E-state index contributed by atoms with van der Waals surface area (Å²) >= 11 is 3.48. The Labute approximate surface area is 187 Å². The Kier molecular flexibility index (Phi) is 6.33. The summed E-state index contributed by atoms with van der Waals surface area (Å²) in [7, 11) is 0. The van der Waals surface area contributed by atoms with Gasteiger partial charge in [-0.25, -0.2) is 0 Å². The number of aromatic nitrogens is 1. The molecule has 6 nitrogen and oxygen atoms in total. The molecule has 4 rings (SSSR count). The number of nitrogens with zero attached hydrogens (tertiary/aromatic N) is 1. The minimum absolute atomic E-state index is 0.0984. The van der Waals surface area contributed by atoms with Crippen LogP contribution in [0, 0.1) is 0 Å². The van der Waals surface area contributed by atoms with Crippen LogP contribution in [0.4, 0.5) is 0 Å². The third-order valence-corrected chi connectivity index (χ3v) is 5.35. The summed E-state index contributed by atoms with van der Waals surface area (Å²) in [5, 5.41) is 1.05. The minimum Gasteiger partial charge on any atom is -0.483 e. The minimum atomic E-state index is -0.454. The molecule has 7 heteroatoms. The van der Waals surface area contributed by atoms with E-state index in [1.807, 2.05) is 83.6 Å². The van der Waals surface area contributed by atoms with Gasteiger partial charge in [0, 0.05) is 11.7 Å². The number of para-hydroxylation sites is 1. The number of rotatable bonds is 6. The quantitative estimate of drug-likeness (QED) is 0.406. The van der Waals surface area contributed by atoms with Crippen molar-refractivity contribution < 1.29 is 14.3 Å². The Morgan fingerprint density at radius 2 is 1.58 bits per heavy atom. The van der Waals surface area contributed by atoms with Crippen LogP contribution in [0.25, 0.3) is 22.0 Å². The molecule has 0 aliphatic rings. The normalized spacial score (nSPS) is 10.6. The second-order valence-corrected chi connectivity index (χ2v) is 7.75. The van der Waals surface area contributed by atoms with Gasteiger partial charge in [0.05, 0.1) is 4.47 Å². The van der Waals surface area contributed by atoms with Crippen molar-refractivity contribution in [3.63, 3.8) is 0 Å². The molecule has 0 aliphatic heterocycles. The average Bonchev–Trinajstić information content (AvgIpc) is 3.20. The van der Waals surface area contributed by atoms with Crippen molar-refractivity contribution in [2.45, 2.75) is 6.54 Å². The van der Waals surface area contributed by atoms with Crippen LogP contribution in [0.3, 0.4) is 0 Å². The molecular formula is C24H20BrN3O3. The third-order valence-electron chi connectivity index (χ3n) is 4.73. The molecule has 0 saturated heterocycles. The van der Waals surface area contributed by atoms with E-state index in [4.69, 9.17) is 4.74 Å². The van der Waals surface area contributed by atoms with Crippen LogP contribution in [-0.4, -0.2) is 23.0 Å². The van der Waals surface area contributed by atoms with Crippen LogP contribution in [0.5, 0.6) is 5.75 Å². The average molecular weight is 478 g/mol. The maximum absolute atomic E-state index is 12.2. The van der Waals surface area contributed by atoms with Gasteiger partial charge in [-0.3, -0.25) is 20.4 Å². The first kappa shape index (κ1) is 20.7. The van der Waals surface area contributed by atoms with Gasteiger partial charge in [-0.15, -0.1) is 0 Å². The number of halogens is 1. The fourth-order valence-electron chi connectivity index (χ4n) is 3.22. The van der Waals surface area contributed by atoms with E-state index in [9.17, 15) is 9.59 Å². The van der Waals surface area contributed by atoms with Crippen molar-refractivity contribution in [3.05, 3.63) is 89.5 Å². The first-order valence-corrected chi connectivity index (χ1v) is 10.5. The second kappa shape index (κ2) is 9.49. The molecular weight excluding hydrogens is 458 g/mol. The molecule has 0 spiro atoms.